The fraction of sp³-hybridized carbons (Fsp3) is 0.604. The minimum Gasteiger partial charge on any atom is -0.466 e. The molecule has 2 fully saturated rings. The number of rotatable bonds is 10. The van der Waals surface area contributed by atoms with Crippen LogP contribution in [0.25, 0.3) is 20.9 Å². The van der Waals surface area contributed by atoms with Crippen molar-refractivity contribution in [1.29, 1.82) is 0 Å². The lowest BCUT2D eigenvalue weighted by molar-refractivity contribution is -0.168. The van der Waals surface area contributed by atoms with Crippen LogP contribution in [0.2, 0.25) is 0 Å². The van der Waals surface area contributed by atoms with Crippen LogP contribution in [-0.2, 0) is 60.2 Å². The zero-order chi connectivity index (χ0) is 54.3. The third kappa shape index (κ3) is 17.4. The largest absolute Gasteiger partial charge is 0.466 e. The van der Waals surface area contributed by atoms with Gasteiger partial charge in [0.1, 0.15) is 39.8 Å². The molecule has 4 atom stereocenters. The summed E-state index contributed by atoms with van der Waals surface area (Å²) in [5.41, 5.74) is 6.05. The first-order chi connectivity index (χ1) is 33.2. The van der Waals surface area contributed by atoms with E-state index >= 15 is 0 Å². The average Bonchev–Trinajstić information content (AvgIpc) is 4.05. The molecule has 0 unspecified atom stereocenters. The van der Waals surface area contributed by atoms with E-state index in [0.29, 0.717) is 58.9 Å². The maximum Gasteiger partial charge on any atom is 0.336 e. The topological polar surface area (TPSA) is 250 Å². The number of nitrogens with one attached hydrogen (secondary N) is 1. The van der Waals surface area contributed by atoms with Gasteiger partial charge in [0.2, 0.25) is 5.91 Å². The number of aryl methyl sites for hydroxylation is 2. The highest BCUT2D eigenvalue weighted by atomic mass is 32.1. The summed E-state index contributed by atoms with van der Waals surface area (Å²) in [6.45, 7) is 31.0. The molecule has 6 heterocycles. The minimum atomic E-state index is -1.06. The van der Waals surface area contributed by atoms with Gasteiger partial charge in [-0.25, -0.2) is 24.4 Å². The standard InChI is InChI=1S/C27H36N2O7S.C13H16N2O2S.C12H21NO4.CH4/c1-9-34-24(32)17-10-11-29(22(17)25(33)36-27(6,7)8)20(30)14-19-28-15(2)23(37-19)16-12-18(26(3,4)5)35-21(31)13-16;1-7-11(18-12(14)15-7)8-5-9(13(2,3)4)17-10(16)6-8;1-5-16-10(14)8-6-7-13-9(8)11(15)17-12(2,3)4;/h12-13,17,22H,9-11,14H2,1-8H3;5-6H,1-4H3,(H2,14,15);8-9,13H,5-7H2,1-4H3;1H4/t17-,22+;;8-,9+;/m1.1./s1. The Morgan fingerprint density at radius 1 is 0.685 bits per heavy atom. The summed E-state index contributed by atoms with van der Waals surface area (Å²) in [5.74, 6) is -2.17. The van der Waals surface area contributed by atoms with Crippen molar-refractivity contribution in [3.63, 3.8) is 0 Å². The predicted octanol–water partition coefficient (Wildman–Crippen LogP) is 8.49. The monoisotopic (exact) mass is 1060 g/mol. The van der Waals surface area contributed by atoms with E-state index in [9.17, 15) is 33.6 Å². The molecule has 0 aromatic carbocycles. The summed E-state index contributed by atoms with van der Waals surface area (Å²) >= 11 is 2.70. The number of amides is 1. The zero-order valence-corrected chi connectivity index (χ0v) is 46.2. The first kappa shape index (κ1) is 61.6. The van der Waals surface area contributed by atoms with E-state index in [4.69, 9.17) is 33.5 Å². The van der Waals surface area contributed by atoms with Gasteiger partial charge in [-0.1, -0.05) is 60.3 Å². The molecule has 3 N–H and O–H groups in total. The first-order valence-corrected chi connectivity index (χ1v) is 25.7. The number of esters is 4. The minimum absolute atomic E-state index is 0. The third-order valence-corrected chi connectivity index (χ3v) is 13.2. The van der Waals surface area contributed by atoms with E-state index in [2.05, 4.69) is 15.3 Å². The number of carbonyl (C=O) groups is 5. The predicted molar refractivity (Wildman–Crippen MR) is 282 cm³/mol. The molecule has 73 heavy (non-hydrogen) atoms. The van der Waals surface area contributed by atoms with Crippen molar-refractivity contribution in [3.8, 4) is 20.9 Å². The lowest BCUT2D eigenvalue weighted by Crippen LogP contribution is -2.48. The molecular weight excluding hydrogens is 979 g/mol. The summed E-state index contributed by atoms with van der Waals surface area (Å²) in [5, 5.41) is 4.05. The van der Waals surface area contributed by atoms with Gasteiger partial charge in [-0.05, 0) is 101 Å². The third-order valence-electron chi connectivity index (χ3n) is 10.9. The zero-order valence-electron chi connectivity index (χ0n) is 44.6. The molecule has 2 saturated heterocycles. The van der Waals surface area contributed by atoms with E-state index < -0.39 is 52.7 Å². The maximum atomic E-state index is 13.4. The number of hydrogen-bond acceptors (Lipinski definition) is 19. The van der Waals surface area contributed by atoms with Crippen LogP contribution in [0.15, 0.2) is 42.7 Å². The highest BCUT2D eigenvalue weighted by Gasteiger charge is 2.48. The van der Waals surface area contributed by atoms with Gasteiger partial charge < -0.3 is 43.7 Å². The van der Waals surface area contributed by atoms with Crippen molar-refractivity contribution in [2.45, 2.75) is 172 Å². The lowest BCUT2D eigenvalue weighted by Gasteiger charge is -2.29. The van der Waals surface area contributed by atoms with Crippen molar-refractivity contribution in [1.82, 2.24) is 20.2 Å². The number of nitrogens with zero attached hydrogens (tertiary/aromatic N) is 3. The van der Waals surface area contributed by atoms with Crippen LogP contribution < -0.4 is 22.3 Å². The summed E-state index contributed by atoms with van der Waals surface area (Å²) < 4.78 is 31.6. The van der Waals surface area contributed by atoms with Crippen molar-refractivity contribution < 1.29 is 51.8 Å². The second-order valence-corrected chi connectivity index (χ2v) is 23.7. The molecule has 0 bridgehead atoms. The van der Waals surface area contributed by atoms with Crippen molar-refractivity contribution in [3.05, 3.63) is 73.0 Å². The molecule has 0 aliphatic carbocycles. The smallest absolute Gasteiger partial charge is 0.336 e. The number of ether oxygens (including phenoxy) is 4. The van der Waals surface area contributed by atoms with Gasteiger partial charge in [0, 0.05) is 40.6 Å². The van der Waals surface area contributed by atoms with Crippen molar-refractivity contribution in [2.24, 2.45) is 11.8 Å². The number of aromatic nitrogens is 2. The van der Waals surface area contributed by atoms with Gasteiger partial charge in [-0.3, -0.25) is 19.2 Å². The summed E-state index contributed by atoms with van der Waals surface area (Å²) in [6.07, 6.45) is 0.878. The molecule has 0 radical (unpaired) electrons. The van der Waals surface area contributed by atoms with E-state index in [1.54, 1.807) is 55.4 Å². The Labute approximate surface area is 437 Å². The number of thiazole rings is 2. The number of anilines is 1. The Morgan fingerprint density at radius 3 is 1.60 bits per heavy atom. The molecule has 1 amide bonds. The van der Waals surface area contributed by atoms with E-state index in [-0.39, 0.29) is 61.3 Å². The Hall–Kier alpha value is -5.73. The van der Waals surface area contributed by atoms with Crippen molar-refractivity contribution in [2.75, 3.05) is 32.0 Å². The molecule has 0 spiro atoms. The number of carbonyl (C=O) groups excluding carboxylic acids is 5. The van der Waals surface area contributed by atoms with Crippen LogP contribution in [-0.4, -0.2) is 94.2 Å². The molecule has 404 valence electrons. The fourth-order valence-corrected chi connectivity index (χ4v) is 9.57. The van der Waals surface area contributed by atoms with Crippen LogP contribution >= 0.6 is 22.7 Å². The molecule has 4 aromatic rings. The SMILES string of the molecule is C.CCOC(=O)[C@@H]1CCN(C(=O)Cc2nc(C)c(-c3cc(C(C)(C)C)oc(=O)c3)s2)[C@@H]1C(=O)OC(C)(C)C.CCOC(=O)[C@@H]1CCN[C@@H]1C(=O)OC(C)(C)C.Cc1nc(N)sc1-c1cc(C(C)(C)C)oc(=O)c1. The normalized spacial score (nSPS) is 17.8. The van der Waals surface area contributed by atoms with E-state index in [1.165, 1.54) is 39.7 Å². The number of hydrogen-bond donors (Lipinski definition) is 2. The van der Waals surface area contributed by atoms with Gasteiger partial charge >= 0.3 is 35.1 Å². The fourth-order valence-electron chi connectivity index (χ4n) is 7.71. The Bertz CT molecular complexity index is 2690. The molecule has 0 saturated carbocycles. The van der Waals surface area contributed by atoms with Crippen LogP contribution in [0.1, 0.15) is 145 Å². The highest BCUT2D eigenvalue weighted by Crippen LogP contribution is 2.35. The average molecular weight is 1060 g/mol. The highest BCUT2D eigenvalue weighted by molar-refractivity contribution is 7.18. The molecule has 2 aliphatic rings. The summed E-state index contributed by atoms with van der Waals surface area (Å²) in [4.78, 5) is 98.2. The van der Waals surface area contributed by atoms with Gasteiger partial charge in [0.05, 0.1) is 52.6 Å². The van der Waals surface area contributed by atoms with E-state index in [0.717, 1.165) is 21.0 Å². The number of nitrogens with two attached hydrogens (primary N) is 1. The van der Waals surface area contributed by atoms with Gasteiger partial charge in [-0.2, -0.15) is 0 Å². The lowest BCUT2D eigenvalue weighted by atomic mass is 9.92. The van der Waals surface area contributed by atoms with Crippen LogP contribution in [0.4, 0.5) is 5.13 Å². The van der Waals surface area contributed by atoms with Gasteiger partial charge in [0.15, 0.2) is 5.13 Å². The first-order valence-electron chi connectivity index (χ1n) is 24.1. The van der Waals surface area contributed by atoms with Crippen molar-refractivity contribution >= 4 is 57.6 Å². The summed E-state index contributed by atoms with van der Waals surface area (Å²) in [6, 6.07) is 4.99. The molecular formula is C53H77N5O13S2. The van der Waals surface area contributed by atoms with Crippen LogP contribution in [0, 0.1) is 25.7 Å². The maximum absolute atomic E-state index is 13.4. The van der Waals surface area contributed by atoms with E-state index in [1.807, 2.05) is 67.5 Å². The second kappa shape index (κ2) is 25.0. The molecule has 20 heteroatoms. The van der Waals surface area contributed by atoms with Crippen LogP contribution in [0.3, 0.4) is 0 Å². The van der Waals surface area contributed by atoms with Gasteiger partial charge in [0.25, 0.3) is 0 Å². The second-order valence-electron chi connectivity index (χ2n) is 21.5. The Morgan fingerprint density at radius 2 is 1.15 bits per heavy atom. The Kier molecular flexibility index (Phi) is 21.1. The Balaban J connectivity index is 0.000000325. The molecule has 18 nitrogen and oxygen atoms in total. The molecule has 6 rings (SSSR count). The van der Waals surface area contributed by atoms with Gasteiger partial charge in [-0.15, -0.1) is 11.3 Å². The quantitative estimate of drug-likeness (QED) is 0.112. The molecule has 2 aliphatic heterocycles. The summed E-state index contributed by atoms with van der Waals surface area (Å²) in [7, 11) is 0. The molecule has 4 aromatic heterocycles. The van der Waals surface area contributed by atoms with Crippen LogP contribution in [0.5, 0.6) is 0 Å². The number of likely N-dealkylation sites (tertiary alicyclic amines) is 1. The number of nitrogen functional groups attached to an aromatic ring is 1.